The van der Waals surface area contributed by atoms with Gasteiger partial charge in [-0.2, -0.15) is 0 Å². The number of hydrogen-bond acceptors (Lipinski definition) is 6. The van der Waals surface area contributed by atoms with Crippen LogP contribution in [0.1, 0.15) is 19.5 Å². The maximum Gasteiger partial charge on any atom is 0.163 e. The molecule has 24 heavy (non-hydrogen) atoms. The van der Waals surface area contributed by atoms with Gasteiger partial charge < -0.3 is 14.4 Å². The second-order valence-electron chi connectivity index (χ2n) is 6.77. The van der Waals surface area contributed by atoms with E-state index in [0.29, 0.717) is 12.4 Å². The first kappa shape index (κ1) is 16.8. The smallest absolute Gasteiger partial charge is 0.163 e. The number of nitrogens with zero attached hydrogens (tertiary/aromatic N) is 4. The van der Waals surface area contributed by atoms with Gasteiger partial charge in [-0.05, 0) is 32.9 Å². The summed E-state index contributed by atoms with van der Waals surface area (Å²) in [5.74, 6) is 1.62. The molecule has 0 aliphatic carbocycles. The third kappa shape index (κ3) is 3.88. The predicted octanol–water partition coefficient (Wildman–Crippen LogP) is 2.48. The van der Waals surface area contributed by atoms with Crippen molar-refractivity contribution < 1.29 is 9.47 Å². The summed E-state index contributed by atoms with van der Waals surface area (Å²) in [6, 6.07) is 5.89. The zero-order chi connectivity index (χ0) is 17.2. The van der Waals surface area contributed by atoms with E-state index in [0.717, 1.165) is 30.2 Å². The standard InChI is InChI=1S/C18H24N4O2/c1-13-8-16(21-17(20-13)14-6-5-7-19-9-14)22-10-15(11-23-4)24-18(2,3)12-22/h5-9,15H,10-12H2,1-4H3. The molecule has 0 N–H and O–H groups in total. The van der Waals surface area contributed by atoms with E-state index < -0.39 is 0 Å². The molecule has 0 bridgehead atoms. The lowest BCUT2D eigenvalue weighted by Gasteiger charge is -2.43. The third-order valence-electron chi connectivity index (χ3n) is 3.92. The largest absolute Gasteiger partial charge is 0.382 e. The van der Waals surface area contributed by atoms with E-state index >= 15 is 0 Å². The van der Waals surface area contributed by atoms with Crippen molar-refractivity contribution in [3.8, 4) is 11.4 Å². The van der Waals surface area contributed by atoms with E-state index in [1.165, 1.54) is 0 Å². The van der Waals surface area contributed by atoms with Gasteiger partial charge in [0.05, 0.1) is 18.3 Å². The summed E-state index contributed by atoms with van der Waals surface area (Å²) >= 11 is 0. The maximum atomic E-state index is 6.09. The molecule has 1 aliphatic heterocycles. The molecule has 3 heterocycles. The fourth-order valence-electron chi connectivity index (χ4n) is 3.08. The van der Waals surface area contributed by atoms with E-state index in [2.05, 4.69) is 28.7 Å². The second kappa shape index (κ2) is 6.83. The molecule has 0 saturated carbocycles. The fraction of sp³-hybridized carbons (Fsp3) is 0.500. The zero-order valence-electron chi connectivity index (χ0n) is 14.7. The van der Waals surface area contributed by atoms with Crippen LogP contribution >= 0.6 is 0 Å². The minimum Gasteiger partial charge on any atom is -0.382 e. The van der Waals surface area contributed by atoms with Crippen LogP contribution in [0.4, 0.5) is 5.82 Å². The highest BCUT2D eigenvalue weighted by Crippen LogP contribution is 2.27. The van der Waals surface area contributed by atoms with Gasteiger partial charge in [0.15, 0.2) is 5.82 Å². The normalized spacial score (nSPS) is 20.2. The first-order valence-corrected chi connectivity index (χ1v) is 8.15. The first-order valence-electron chi connectivity index (χ1n) is 8.15. The van der Waals surface area contributed by atoms with E-state index in [-0.39, 0.29) is 11.7 Å². The van der Waals surface area contributed by atoms with Gasteiger partial charge in [-0.3, -0.25) is 4.98 Å². The van der Waals surface area contributed by atoms with E-state index in [4.69, 9.17) is 14.5 Å². The second-order valence-corrected chi connectivity index (χ2v) is 6.77. The summed E-state index contributed by atoms with van der Waals surface area (Å²) in [6.45, 7) is 8.27. The summed E-state index contributed by atoms with van der Waals surface area (Å²) in [4.78, 5) is 15.7. The predicted molar refractivity (Wildman–Crippen MR) is 93.0 cm³/mol. The highest BCUT2D eigenvalue weighted by atomic mass is 16.5. The van der Waals surface area contributed by atoms with Crippen molar-refractivity contribution in [3.63, 3.8) is 0 Å². The van der Waals surface area contributed by atoms with Crippen molar-refractivity contribution in [3.05, 3.63) is 36.3 Å². The SMILES string of the molecule is COCC1CN(c2cc(C)nc(-c3cccnc3)n2)CC(C)(C)O1. The number of morpholine rings is 1. The topological polar surface area (TPSA) is 60.4 Å². The molecule has 3 rings (SSSR count). The van der Waals surface area contributed by atoms with Crippen molar-refractivity contribution >= 4 is 5.82 Å². The van der Waals surface area contributed by atoms with Crippen LogP contribution in [0.5, 0.6) is 0 Å². The molecule has 1 fully saturated rings. The van der Waals surface area contributed by atoms with Gasteiger partial charge in [0.2, 0.25) is 0 Å². The van der Waals surface area contributed by atoms with Crippen LogP contribution in [0.15, 0.2) is 30.6 Å². The number of methoxy groups -OCH3 is 1. The average Bonchev–Trinajstić information content (AvgIpc) is 2.54. The number of ether oxygens (including phenoxy) is 2. The fourth-order valence-corrected chi connectivity index (χ4v) is 3.08. The van der Waals surface area contributed by atoms with Crippen molar-refractivity contribution in [2.75, 3.05) is 31.7 Å². The number of pyridine rings is 1. The molecular formula is C18H24N4O2. The van der Waals surface area contributed by atoms with Gasteiger partial charge in [-0.1, -0.05) is 0 Å². The Bertz CT molecular complexity index is 691. The van der Waals surface area contributed by atoms with Crippen molar-refractivity contribution in [2.45, 2.75) is 32.5 Å². The Morgan fingerprint density at radius 1 is 1.38 bits per heavy atom. The van der Waals surface area contributed by atoms with Crippen LogP contribution in [0.3, 0.4) is 0 Å². The maximum absolute atomic E-state index is 6.09. The van der Waals surface area contributed by atoms with Crippen molar-refractivity contribution in [1.82, 2.24) is 15.0 Å². The van der Waals surface area contributed by atoms with E-state index in [9.17, 15) is 0 Å². The lowest BCUT2D eigenvalue weighted by atomic mass is 10.1. The summed E-state index contributed by atoms with van der Waals surface area (Å²) < 4.78 is 11.4. The molecule has 1 unspecified atom stereocenters. The van der Waals surface area contributed by atoms with Crippen LogP contribution in [0.25, 0.3) is 11.4 Å². The molecule has 0 radical (unpaired) electrons. The Morgan fingerprint density at radius 3 is 2.92 bits per heavy atom. The number of hydrogen-bond donors (Lipinski definition) is 0. The lowest BCUT2D eigenvalue weighted by Crippen LogP contribution is -2.54. The molecule has 6 nitrogen and oxygen atoms in total. The van der Waals surface area contributed by atoms with Gasteiger partial charge in [0, 0.05) is 49.9 Å². The minimum atomic E-state index is -0.255. The Labute approximate surface area is 142 Å². The van der Waals surface area contributed by atoms with Crippen molar-refractivity contribution in [2.24, 2.45) is 0 Å². The van der Waals surface area contributed by atoms with Gasteiger partial charge in [0.25, 0.3) is 0 Å². The lowest BCUT2D eigenvalue weighted by molar-refractivity contribution is -0.106. The summed E-state index contributed by atoms with van der Waals surface area (Å²) in [7, 11) is 1.70. The number of aromatic nitrogens is 3. The number of rotatable bonds is 4. The molecule has 2 aromatic heterocycles. The quantitative estimate of drug-likeness (QED) is 0.859. The Balaban J connectivity index is 1.92. The Morgan fingerprint density at radius 2 is 2.21 bits per heavy atom. The molecule has 1 atom stereocenters. The molecule has 6 heteroatoms. The van der Waals surface area contributed by atoms with Crippen LogP contribution in [-0.2, 0) is 9.47 Å². The molecule has 0 spiro atoms. The molecule has 1 saturated heterocycles. The average molecular weight is 328 g/mol. The monoisotopic (exact) mass is 328 g/mol. The van der Waals surface area contributed by atoms with Gasteiger partial charge in [-0.15, -0.1) is 0 Å². The summed E-state index contributed by atoms with van der Waals surface area (Å²) in [6.07, 6.45) is 3.56. The number of aryl methyl sites for hydroxylation is 1. The van der Waals surface area contributed by atoms with E-state index in [1.54, 1.807) is 19.5 Å². The van der Waals surface area contributed by atoms with Crippen LogP contribution in [0, 0.1) is 6.92 Å². The van der Waals surface area contributed by atoms with Gasteiger partial charge >= 0.3 is 0 Å². The molecule has 2 aromatic rings. The molecule has 0 amide bonds. The molecule has 1 aliphatic rings. The highest BCUT2D eigenvalue weighted by molar-refractivity contribution is 5.57. The third-order valence-corrected chi connectivity index (χ3v) is 3.92. The molecular weight excluding hydrogens is 304 g/mol. The molecule has 0 aromatic carbocycles. The minimum absolute atomic E-state index is 0.0239. The van der Waals surface area contributed by atoms with Gasteiger partial charge in [-0.25, -0.2) is 9.97 Å². The van der Waals surface area contributed by atoms with E-state index in [1.807, 2.05) is 25.1 Å². The molecule has 128 valence electrons. The first-order chi connectivity index (χ1) is 11.5. The van der Waals surface area contributed by atoms with Crippen LogP contribution < -0.4 is 4.90 Å². The van der Waals surface area contributed by atoms with Crippen LogP contribution in [0.2, 0.25) is 0 Å². The highest BCUT2D eigenvalue weighted by Gasteiger charge is 2.34. The van der Waals surface area contributed by atoms with Crippen LogP contribution in [-0.4, -0.2) is 53.5 Å². The Hall–Kier alpha value is -2.05. The summed E-state index contributed by atoms with van der Waals surface area (Å²) in [5, 5.41) is 0. The Kier molecular flexibility index (Phi) is 4.78. The van der Waals surface area contributed by atoms with Crippen molar-refractivity contribution in [1.29, 1.82) is 0 Å². The van der Waals surface area contributed by atoms with Gasteiger partial charge in [0.1, 0.15) is 5.82 Å². The summed E-state index contributed by atoms with van der Waals surface area (Å²) in [5.41, 5.74) is 1.60. The number of anilines is 1. The zero-order valence-corrected chi connectivity index (χ0v) is 14.7.